The SMILES string of the molecule is COC(CC(C)(CN)N1CC(C)CC(C)C1)OC. The van der Waals surface area contributed by atoms with Crippen molar-refractivity contribution in [1.82, 2.24) is 4.90 Å². The number of piperidine rings is 1. The fourth-order valence-electron chi connectivity index (χ4n) is 3.07. The third-order valence-corrected chi connectivity index (χ3v) is 4.20. The van der Waals surface area contributed by atoms with Gasteiger partial charge in [0.2, 0.25) is 0 Å². The molecule has 0 aromatic heterocycles. The molecule has 108 valence electrons. The summed E-state index contributed by atoms with van der Waals surface area (Å²) < 4.78 is 10.7. The highest BCUT2D eigenvalue weighted by molar-refractivity contribution is 4.92. The van der Waals surface area contributed by atoms with Gasteiger partial charge in [-0.05, 0) is 25.2 Å². The molecule has 1 fully saturated rings. The van der Waals surface area contributed by atoms with E-state index in [1.807, 2.05) is 0 Å². The normalized spacial score (nSPS) is 29.5. The summed E-state index contributed by atoms with van der Waals surface area (Å²) in [4.78, 5) is 2.52. The maximum absolute atomic E-state index is 6.03. The van der Waals surface area contributed by atoms with Gasteiger partial charge in [-0.1, -0.05) is 13.8 Å². The molecule has 4 heteroatoms. The minimum atomic E-state index is -0.175. The molecule has 0 aliphatic carbocycles. The van der Waals surface area contributed by atoms with Crippen molar-refractivity contribution in [3.8, 4) is 0 Å². The predicted octanol–water partition coefficient (Wildman–Crippen LogP) is 1.69. The molecule has 2 N–H and O–H groups in total. The van der Waals surface area contributed by atoms with Crippen molar-refractivity contribution in [3.05, 3.63) is 0 Å². The number of rotatable bonds is 6. The van der Waals surface area contributed by atoms with Gasteiger partial charge in [-0.2, -0.15) is 0 Å². The van der Waals surface area contributed by atoms with Crippen LogP contribution in [0.1, 0.15) is 33.6 Å². The fraction of sp³-hybridized carbons (Fsp3) is 1.00. The lowest BCUT2D eigenvalue weighted by Crippen LogP contribution is -2.57. The molecule has 0 spiro atoms. The van der Waals surface area contributed by atoms with Crippen LogP contribution < -0.4 is 5.73 Å². The number of hydrogen-bond donors (Lipinski definition) is 1. The van der Waals surface area contributed by atoms with Gasteiger partial charge in [0, 0.05) is 45.8 Å². The number of methoxy groups -OCH3 is 2. The van der Waals surface area contributed by atoms with E-state index in [9.17, 15) is 0 Å². The summed E-state index contributed by atoms with van der Waals surface area (Å²) in [5.41, 5.74) is 5.99. The minimum Gasteiger partial charge on any atom is -0.356 e. The molecule has 4 nitrogen and oxygen atoms in total. The Bertz CT molecular complexity index is 236. The quantitative estimate of drug-likeness (QED) is 0.737. The third-order valence-electron chi connectivity index (χ3n) is 4.20. The first-order valence-corrected chi connectivity index (χ1v) is 6.96. The molecule has 0 aromatic rings. The van der Waals surface area contributed by atoms with E-state index in [2.05, 4.69) is 25.7 Å². The van der Waals surface area contributed by atoms with Crippen molar-refractivity contribution in [1.29, 1.82) is 0 Å². The number of likely N-dealkylation sites (tertiary alicyclic amines) is 1. The number of nitrogens with zero attached hydrogens (tertiary/aromatic N) is 1. The Hall–Kier alpha value is -0.160. The van der Waals surface area contributed by atoms with E-state index in [-0.39, 0.29) is 11.8 Å². The highest BCUT2D eigenvalue weighted by atomic mass is 16.7. The maximum Gasteiger partial charge on any atom is 0.158 e. The molecule has 1 rings (SSSR count). The van der Waals surface area contributed by atoms with E-state index in [0.717, 1.165) is 31.3 Å². The summed E-state index contributed by atoms with van der Waals surface area (Å²) in [6, 6.07) is 0. The topological polar surface area (TPSA) is 47.7 Å². The molecule has 1 heterocycles. The van der Waals surface area contributed by atoms with Crippen LogP contribution >= 0.6 is 0 Å². The van der Waals surface area contributed by atoms with Crippen LogP contribution in [0.4, 0.5) is 0 Å². The zero-order valence-electron chi connectivity index (χ0n) is 12.6. The zero-order valence-corrected chi connectivity index (χ0v) is 12.6. The van der Waals surface area contributed by atoms with Gasteiger partial charge < -0.3 is 15.2 Å². The van der Waals surface area contributed by atoms with Crippen LogP contribution in [0.25, 0.3) is 0 Å². The van der Waals surface area contributed by atoms with E-state index in [4.69, 9.17) is 15.2 Å². The van der Waals surface area contributed by atoms with E-state index in [1.165, 1.54) is 6.42 Å². The van der Waals surface area contributed by atoms with Crippen LogP contribution in [0.3, 0.4) is 0 Å². The van der Waals surface area contributed by atoms with Gasteiger partial charge in [-0.15, -0.1) is 0 Å². The molecule has 0 saturated carbocycles. The van der Waals surface area contributed by atoms with E-state index >= 15 is 0 Å². The number of ether oxygens (including phenoxy) is 2. The molecule has 3 unspecified atom stereocenters. The van der Waals surface area contributed by atoms with Crippen molar-refractivity contribution in [3.63, 3.8) is 0 Å². The summed E-state index contributed by atoms with van der Waals surface area (Å²) in [6.07, 6.45) is 1.96. The molecule has 3 atom stereocenters. The Balaban J connectivity index is 2.72. The molecule has 1 aliphatic heterocycles. The Morgan fingerprint density at radius 3 is 2.11 bits per heavy atom. The molecule has 0 radical (unpaired) electrons. The first-order chi connectivity index (χ1) is 8.45. The Morgan fingerprint density at radius 2 is 1.72 bits per heavy atom. The molecule has 0 aromatic carbocycles. The average Bonchev–Trinajstić information content (AvgIpc) is 2.34. The number of nitrogens with two attached hydrogens (primary N) is 1. The standard InChI is InChI=1S/C14H30N2O2/c1-11-6-12(2)9-16(8-11)14(3,10-15)7-13(17-4)18-5/h11-13H,6-10,15H2,1-5H3. The average molecular weight is 258 g/mol. The van der Waals surface area contributed by atoms with Crippen LogP contribution in [-0.4, -0.2) is 50.6 Å². The lowest BCUT2D eigenvalue weighted by molar-refractivity contribution is -0.132. The first-order valence-electron chi connectivity index (χ1n) is 6.96. The Kier molecular flexibility index (Phi) is 6.05. The fourth-order valence-corrected chi connectivity index (χ4v) is 3.07. The zero-order chi connectivity index (χ0) is 13.8. The van der Waals surface area contributed by atoms with Gasteiger partial charge in [-0.25, -0.2) is 0 Å². The Morgan fingerprint density at radius 1 is 1.22 bits per heavy atom. The summed E-state index contributed by atoms with van der Waals surface area (Å²) in [6.45, 7) is 9.75. The maximum atomic E-state index is 6.03. The second-order valence-electron chi connectivity index (χ2n) is 6.16. The van der Waals surface area contributed by atoms with E-state index in [1.54, 1.807) is 14.2 Å². The van der Waals surface area contributed by atoms with Gasteiger partial charge in [0.25, 0.3) is 0 Å². The van der Waals surface area contributed by atoms with Gasteiger partial charge in [0.1, 0.15) is 0 Å². The Labute approximate surface area is 112 Å². The molecule has 1 aliphatic rings. The minimum absolute atomic E-state index is 0.0420. The first kappa shape index (κ1) is 15.9. The van der Waals surface area contributed by atoms with Crippen molar-refractivity contribution < 1.29 is 9.47 Å². The van der Waals surface area contributed by atoms with Crippen LogP contribution in [0.15, 0.2) is 0 Å². The summed E-state index contributed by atoms with van der Waals surface area (Å²) in [5, 5.41) is 0. The van der Waals surface area contributed by atoms with Gasteiger partial charge in [-0.3, -0.25) is 4.90 Å². The van der Waals surface area contributed by atoms with Crippen molar-refractivity contribution in [2.24, 2.45) is 17.6 Å². The highest BCUT2D eigenvalue weighted by Gasteiger charge is 2.37. The molecule has 1 saturated heterocycles. The summed E-state index contributed by atoms with van der Waals surface area (Å²) >= 11 is 0. The smallest absolute Gasteiger partial charge is 0.158 e. The third kappa shape index (κ3) is 3.92. The summed E-state index contributed by atoms with van der Waals surface area (Å²) in [5.74, 6) is 1.48. The van der Waals surface area contributed by atoms with Gasteiger partial charge >= 0.3 is 0 Å². The lowest BCUT2D eigenvalue weighted by atomic mass is 9.85. The molecule has 18 heavy (non-hydrogen) atoms. The van der Waals surface area contributed by atoms with Crippen LogP contribution in [0.2, 0.25) is 0 Å². The highest BCUT2D eigenvalue weighted by Crippen LogP contribution is 2.30. The lowest BCUT2D eigenvalue weighted by Gasteiger charge is -2.47. The second-order valence-corrected chi connectivity index (χ2v) is 6.16. The van der Waals surface area contributed by atoms with E-state index in [0.29, 0.717) is 6.54 Å². The molecule has 0 bridgehead atoms. The molecular weight excluding hydrogens is 228 g/mol. The van der Waals surface area contributed by atoms with Gasteiger partial charge in [0.05, 0.1) is 0 Å². The van der Waals surface area contributed by atoms with Crippen LogP contribution in [0.5, 0.6) is 0 Å². The van der Waals surface area contributed by atoms with Crippen molar-refractivity contribution in [2.75, 3.05) is 33.9 Å². The predicted molar refractivity (Wildman–Crippen MR) is 74.4 cm³/mol. The van der Waals surface area contributed by atoms with Gasteiger partial charge in [0.15, 0.2) is 6.29 Å². The molecular formula is C14H30N2O2. The van der Waals surface area contributed by atoms with Crippen LogP contribution in [-0.2, 0) is 9.47 Å². The summed E-state index contributed by atoms with van der Waals surface area (Å²) in [7, 11) is 3.37. The largest absolute Gasteiger partial charge is 0.356 e. The molecule has 0 amide bonds. The van der Waals surface area contributed by atoms with E-state index < -0.39 is 0 Å². The number of hydrogen-bond acceptors (Lipinski definition) is 4. The van der Waals surface area contributed by atoms with Crippen molar-refractivity contribution in [2.45, 2.75) is 45.4 Å². The second kappa shape index (κ2) is 6.85. The van der Waals surface area contributed by atoms with Crippen molar-refractivity contribution >= 4 is 0 Å². The monoisotopic (exact) mass is 258 g/mol. The van der Waals surface area contributed by atoms with Crippen LogP contribution in [0, 0.1) is 11.8 Å².